The number of carbonyl (C=O) groups is 3. The first kappa shape index (κ1) is 23.6. The van der Waals surface area contributed by atoms with Gasteiger partial charge in [-0.25, -0.2) is 0 Å². The molecule has 0 bridgehead atoms. The summed E-state index contributed by atoms with van der Waals surface area (Å²) in [6.07, 6.45) is 1.27. The van der Waals surface area contributed by atoms with Gasteiger partial charge in [0, 0.05) is 14.5 Å². The third kappa shape index (κ3) is 6.44. The lowest BCUT2D eigenvalue weighted by atomic mass is 10.1. The van der Waals surface area contributed by atoms with Gasteiger partial charge in [0.2, 0.25) is 0 Å². The lowest BCUT2D eigenvalue weighted by Gasteiger charge is -2.13. The van der Waals surface area contributed by atoms with Gasteiger partial charge in [0.05, 0.1) is 11.0 Å². The number of halogens is 2. The Morgan fingerprint density at radius 3 is 2.45 bits per heavy atom. The number of thioether (sulfide) groups is 1. The Hall–Kier alpha value is -2.10. The first-order chi connectivity index (χ1) is 14.7. The average Bonchev–Trinajstić information content (AvgIpc) is 2.95. The van der Waals surface area contributed by atoms with Crippen LogP contribution >= 0.6 is 43.6 Å². The highest BCUT2D eigenvalue weighted by molar-refractivity contribution is 9.10. The number of rotatable bonds is 7. The zero-order valence-corrected chi connectivity index (χ0v) is 20.8. The molecule has 0 saturated carbocycles. The Kier molecular flexibility index (Phi) is 7.96. The van der Waals surface area contributed by atoms with Crippen molar-refractivity contribution in [1.29, 1.82) is 0 Å². The van der Waals surface area contributed by atoms with Crippen LogP contribution in [0.15, 0.2) is 56.3 Å². The molecule has 0 aromatic heterocycles. The molecule has 0 spiro atoms. The van der Waals surface area contributed by atoms with Crippen molar-refractivity contribution in [3.63, 3.8) is 0 Å². The Morgan fingerprint density at radius 2 is 1.77 bits per heavy atom. The van der Waals surface area contributed by atoms with Crippen molar-refractivity contribution in [3.8, 4) is 5.75 Å². The maximum atomic E-state index is 12.7. The van der Waals surface area contributed by atoms with E-state index in [0.717, 1.165) is 31.2 Å². The van der Waals surface area contributed by atoms with E-state index in [1.54, 1.807) is 32.1 Å². The number of hydrogen-bond acceptors (Lipinski definition) is 6. The highest BCUT2D eigenvalue weighted by Crippen LogP contribution is 2.35. The summed E-state index contributed by atoms with van der Waals surface area (Å²) in [6, 6.07) is 13.2. The quantitative estimate of drug-likeness (QED) is 0.311. The number of carbonyl (C=O) groups excluding carboxylic acids is 3. The van der Waals surface area contributed by atoms with Crippen molar-refractivity contribution >= 4 is 66.8 Å². The van der Waals surface area contributed by atoms with E-state index in [2.05, 4.69) is 31.9 Å². The molecule has 0 N–H and O–H groups in total. The van der Waals surface area contributed by atoms with Crippen LogP contribution in [0.5, 0.6) is 5.75 Å². The summed E-state index contributed by atoms with van der Waals surface area (Å²) in [5, 5.41) is -0.510. The molecule has 6 nitrogen and oxygen atoms in total. The van der Waals surface area contributed by atoms with Crippen LogP contribution in [-0.2, 0) is 20.9 Å². The number of imide groups is 1. The van der Waals surface area contributed by atoms with E-state index in [-0.39, 0.29) is 11.0 Å². The van der Waals surface area contributed by atoms with Crippen molar-refractivity contribution in [3.05, 3.63) is 67.4 Å². The van der Waals surface area contributed by atoms with Crippen molar-refractivity contribution < 1.29 is 23.9 Å². The molecule has 0 aliphatic carbocycles. The molecule has 2 amide bonds. The molecule has 1 aliphatic rings. The normalized spacial score (nSPS) is 15.1. The molecule has 0 unspecified atom stereocenters. The van der Waals surface area contributed by atoms with Crippen LogP contribution in [0.25, 0.3) is 6.08 Å². The predicted molar refractivity (Wildman–Crippen MR) is 127 cm³/mol. The smallest absolute Gasteiger partial charge is 0.326 e. The maximum absolute atomic E-state index is 12.7. The second kappa shape index (κ2) is 10.5. The van der Waals surface area contributed by atoms with E-state index in [4.69, 9.17) is 9.47 Å². The fraction of sp³-hybridized carbons (Fsp3) is 0.227. The first-order valence-corrected chi connectivity index (χ1v) is 11.7. The minimum Gasteiger partial charge on any atom is -0.488 e. The Balaban J connectivity index is 1.78. The lowest BCUT2D eigenvalue weighted by Crippen LogP contribution is -2.35. The summed E-state index contributed by atoms with van der Waals surface area (Å²) in [4.78, 5) is 38.0. The fourth-order valence-electron chi connectivity index (χ4n) is 2.71. The zero-order valence-electron chi connectivity index (χ0n) is 16.8. The molecule has 1 fully saturated rings. The van der Waals surface area contributed by atoms with E-state index in [1.165, 1.54) is 0 Å². The van der Waals surface area contributed by atoms with Crippen LogP contribution in [0.3, 0.4) is 0 Å². The molecule has 0 atom stereocenters. The minimum absolute atomic E-state index is 0.217. The van der Waals surface area contributed by atoms with Gasteiger partial charge < -0.3 is 9.47 Å². The van der Waals surface area contributed by atoms with Crippen molar-refractivity contribution in [1.82, 2.24) is 4.90 Å². The SMILES string of the molecule is CC(C)OC(=O)CN1C(=O)S/C(=C/c2cc(Br)ccc2OCc2ccc(Br)cc2)C1=O. The van der Waals surface area contributed by atoms with Gasteiger partial charge in [0.25, 0.3) is 11.1 Å². The van der Waals surface area contributed by atoms with Gasteiger partial charge in [-0.15, -0.1) is 0 Å². The highest BCUT2D eigenvalue weighted by atomic mass is 79.9. The standard InChI is InChI=1S/C22H19Br2NO5S/c1-13(2)30-20(26)11-25-21(27)19(31-22(25)28)10-15-9-17(24)7-8-18(15)29-12-14-3-5-16(23)6-4-14/h3-10,13H,11-12H2,1-2H3/b19-10+. The molecule has 1 saturated heterocycles. The number of ether oxygens (including phenoxy) is 2. The van der Waals surface area contributed by atoms with Crippen molar-refractivity contribution in [2.45, 2.75) is 26.6 Å². The molecule has 9 heteroatoms. The number of nitrogens with zero attached hydrogens (tertiary/aromatic N) is 1. The summed E-state index contributed by atoms with van der Waals surface area (Å²) in [6.45, 7) is 3.34. The maximum Gasteiger partial charge on any atom is 0.326 e. The molecule has 1 aliphatic heterocycles. The van der Waals surface area contributed by atoms with Crippen LogP contribution in [0, 0.1) is 0 Å². The van der Waals surface area contributed by atoms with Crippen LogP contribution < -0.4 is 4.74 Å². The Bertz CT molecular complexity index is 1040. The second-order valence-corrected chi connectivity index (χ2v) is 9.73. The summed E-state index contributed by atoms with van der Waals surface area (Å²) in [5.41, 5.74) is 1.63. The van der Waals surface area contributed by atoms with Crippen LogP contribution in [-0.4, -0.2) is 34.7 Å². The van der Waals surface area contributed by atoms with Crippen LogP contribution in [0.4, 0.5) is 4.79 Å². The number of hydrogen-bond donors (Lipinski definition) is 0. The topological polar surface area (TPSA) is 72.9 Å². The molecular formula is C22H19Br2NO5S. The van der Waals surface area contributed by atoms with Crippen LogP contribution in [0.1, 0.15) is 25.0 Å². The number of benzene rings is 2. The largest absolute Gasteiger partial charge is 0.488 e. The molecule has 2 aromatic carbocycles. The Labute approximate surface area is 201 Å². The van der Waals surface area contributed by atoms with E-state index in [0.29, 0.717) is 17.9 Å². The summed E-state index contributed by atoms with van der Waals surface area (Å²) in [5.74, 6) is -0.591. The average molecular weight is 569 g/mol. The minimum atomic E-state index is -0.625. The number of esters is 1. The molecule has 3 rings (SSSR count). The molecule has 31 heavy (non-hydrogen) atoms. The molecule has 2 aromatic rings. The van der Waals surface area contributed by atoms with E-state index >= 15 is 0 Å². The highest BCUT2D eigenvalue weighted by Gasteiger charge is 2.37. The molecule has 162 valence electrons. The summed E-state index contributed by atoms with van der Waals surface area (Å²) in [7, 11) is 0. The fourth-order valence-corrected chi connectivity index (χ4v) is 4.18. The summed E-state index contributed by atoms with van der Waals surface area (Å²) < 4.78 is 12.8. The van der Waals surface area contributed by atoms with Gasteiger partial charge in [0.1, 0.15) is 18.9 Å². The van der Waals surface area contributed by atoms with Crippen molar-refractivity contribution in [2.75, 3.05) is 6.54 Å². The molecule has 0 radical (unpaired) electrons. The van der Waals surface area contributed by atoms with E-state index < -0.39 is 23.7 Å². The van der Waals surface area contributed by atoms with Gasteiger partial charge in [0.15, 0.2) is 0 Å². The molecule has 1 heterocycles. The van der Waals surface area contributed by atoms with Gasteiger partial charge in [-0.3, -0.25) is 19.3 Å². The third-order valence-corrected chi connectivity index (χ3v) is 6.02. The predicted octanol–water partition coefficient (Wildman–Crippen LogP) is 5.78. The number of amides is 2. The second-order valence-electron chi connectivity index (χ2n) is 6.90. The van der Waals surface area contributed by atoms with Crippen LogP contribution in [0.2, 0.25) is 0 Å². The van der Waals surface area contributed by atoms with Gasteiger partial charge in [-0.1, -0.05) is 44.0 Å². The molecular weight excluding hydrogens is 550 g/mol. The van der Waals surface area contributed by atoms with E-state index in [1.807, 2.05) is 30.3 Å². The lowest BCUT2D eigenvalue weighted by molar-refractivity contribution is -0.149. The van der Waals surface area contributed by atoms with E-state index in [9.17, 15) is 14.4 Å². The third-order valence-electron chi connectivity index (χ3n) is 4.09. The monoisotopic (exact) mass is 567 g/mol. The summed E-state index contributed by atoms with van der Waals surface area (Å²) >= 11 is 7.61. The van der Waals surface area contributed by atoms with Gasteiger partial charge >= 0.3 is 5.97 Å². The van der Waals surface area contributed by atoms with Crippen molar-refractivity contribution in [2.24, 2.45) is 0 Å². The zero-order chi connectivity index (χ0) is 22.5. The van der Waals surface area contributed by atoms with Gasteiger partial charge in [-0.2, -0.15) is 0 Å². The Morgan fingerprint density at radius 1 is 1.10 bits per heavy atom. The first-order valence-electron chi connectivity index (χ1n) is 9.34. The van der Waals surface area contributed by atoms with Gasteiger partial charge in [-0.05, 0) is 67.6 Å².